The SMILES string of the molecule is Nc1nc2ccc(-c3csc(C(=O)NCc4cccc(C(=O)O)c4)c3)cn2n1. The number of carbonyl (C=O) groups is 2. The highest BCUT2D eigenvalue weighted by molar-refractivity contribution is 7.12. The van der Waals surface area contributed by atoms with Crippen LogP contribution in [0, 0.1) is 0 Å². The number of nitrogens with one attached hydrogen (secondary N) is 1. The molecule has 0 bridgehead atoms. The fraction of sp³-hybridized carbons (Fsp3) is 0.0526. The van der Waals surface area contributed by atoms with E-state index in [0.717, 1.165) is 16.7 Å². The number of benzene rings is 1. The van der Waals surface area contributed by atoms with Crippen LogP contribution in [0.5, 0.6) is 0 Å². The van der Waals surface area contributed by atoms with E-state index in [4.69, 9.17) is 10.8 Å². The Kier molecular flexibility index (Phi) is 4.50. The van der Waals surface area contributed by atoms with Gasteiger partial charge >= 0.3 is 5.97 Å². The zero-order valence-electron chi connectivity index (χ0n) is 14.5. The number of fused-ring (bicyclic) bond motifs is 1. The summed E-state index contributed by atoms with van der Waals surface area (Å²) in [5.41, 5.74) is 8.94. The first-order chi connectivity index (χ1) is 13.5. The van der Waals surface area contributed by atoms with Gasteiger partial charge in [-0.1, -0.05) is 12.1 Å². The van der Waals surface area contributed by atoms with Gasteiger partial charge in [-0.05, 0) is 46.8 Å². The molecule has 8 nitrogen and oxygen atoms in total. The van der Waals surface area contributed by atoms with Crippen molar-refractivity contribution in [1.29, 1.82) is 0 Å². The van der Waals surface area contributed by atoms with Gasteiger partial charge < -0.3 is 16.2 Å². The Hall–Kier alpha value is -3.72. The number of nitrogens with two attached hydrogens (primary N) is 1. The average molecular weight is 393 g/mol. The third-order valence-corrected chi connectivity index (χ3v) is 5.06. The van der Waals surface area contributed by atoms with Crippen molar-refractivity contribution in [3.63, 3.8) is 0 Å². The van der Waals surface area contributed by atoms with Crippen LogP contribution in [-0.4, -0.2) is 31.6 Å². The second-order valence-corrected chi connectivity index (χ2v) is 6.99. The number of thiophene rings is 1. The lowest BCUT2D eigenvalue weighted by molar-refractivity contribution is 0.0696. The molecule has 3 aromatic heterocycles. The van der Waals surface area contributed by atoms with Gasteiger partial charge in [0.15, 0.2) is 5.65 Å². The van der Waals surface area contributed by atoms with Gasteiger partial charge in [0.25, 0.3) is 5.91 Å². The molecule has 0 saturated carbocycles. The molecule has 0 aliphatic heterocycles. The number of carbonyl (C=O) groups excluding carboxylic acids is 1. The Labute approximate surface area is 163 Å². The summed E-state index contributed by atoms with van der Waals surface area (Å²) in [4.78, 5) is 28.1. The van der Waals surface area contributed by atoms with Crippen LogP contribution in [0.4, 0.5) is 5.95 Å². The standard InChI is InChI=1S/C19H15N5O3S/c20-19-22-16-5-4-13(9-24(16)23-19)14-7-15(28-10-14)17(25)21-8-11-2-1-3-12(6-11)18(26)27/h1-7,9-10H,8H2,(H2,20,23)(H,21,25)(H,26,27). The predicted octanol–water partition coefficient (Wildman–Crippen LogP) is 2.67. The molecule has 140 valence electrons. The highest BCUT2D eigenvalue weighted by atomic mass is 32.1. The average Bonchev–Trinajstić information content (AvgIpc) is 3.31. The topological polar surface area (TPSA) is 123 Å². The Morgan fingerprint density at radius 3 is 2.86 bits per heavy atom. The smallest absolute Gasteiger partial charge is 0.335 e. The van der Waals surface area contributed by atoms with Gasteiger partial charge in [0, 0.05) is 18.3 Å². The molecule has 0 aliphatic rings. The number of aromatic carboxylic acids is 1. The van der Waals surface area contributed by atoms with E-state index in [2.05, 4.69) is 15.4 Å². The van der Waals surface area contributed by atoms with Gasteiger partial charge in [-0.25, -0.2) is 9.31 Å². The second-order valence-electron chi connectivity index (χ2n) is 6.08. The number of hydrogen-bond donors (Lipinski definition) is 3. The summed E-state index contributed by atoms with van der Waals surface area (Å²) in [5, 5.41) is 17.8. The van der Waals surface area contributed by atoms with E-state index in [1.807, 2.05) is 17.5 Å². The second kappa shape index (κ2) is 7.12. The van der Waals surface area contributed by atoms with Gasteiger partial charge in [-0.2, -0.15) is 4.98 Å². The highest BCUT2D eigenvalue weighted by Crippen LogP contribution is 2.26. The number of rotatable bonds is 5. The summed E-state index contributed by atoms with van der Waals surface area (Å²) < 4.78 is 1.59. The van der Waals surface area contributed by atoms with Crippen molar-refractivity contribution in [1.82, 2.24) is 19.9 Å². The number of hydrogen-bond acceptors (Lipinski definition) is 6. The number of carboxylic acid groups (broad SMARTS) is 1. The predicted molar refractivity (Wildman–Crippen MR) is 105 cm³/mol. The number of pyridine rings is 1. The van der Waals surface area contributed by atoms with Crippen LogP contribution in [0.25, 0.3) is 16.8 Å². The van der Waals surface area contributed by atoms with Crippen molar-refractivity contribution >= 4 is 34.8 Å². The molecule has 0 fully saturated rings. The van der Waals surface area contributed by atoms with Gasteiger partial charge in [0.1, 0.15) is 0 Å². The Morgan fingerprint density at radius 2 is 2.04 bits per heavy atom. The lowest BCUT2D eigenvalue weighted by Gasteiger charge is -2.05. The van der Waals surface area contributed by atoms with Crippen LogP contribution in [0.3, 0.4) is 0 Å². The van der Waals surface area contributed by atoms with E-state index in [0.29, 0.717) is 10.5 Å². The first-order valence-corrected chi connectivity index (χ1v) is 9.19. The van der Waals surface area contributed by atoms with Gasteiger partial charge in [0.05, 0.1) is 10.4 Å². The molecule has 4 N–H and O–H groups in total. The molecule has 1 aromatic carbocycles. The molecule has 1 amide bonds. The van der Waals surface area contributed by atoms with E-state index in [1.165, 1.54) is 17.4 Å². The van der Waals surface area contributed by atoms with Crippen molar-refractivity contribution in [2.45, 2.75) is 6.54 Å². The highest BCUT2D eigenvalue weighted by Gasteiger charge is 2.12. The quantitative estimate of drug-likeness (QED) is 0.479. The number of carboxylic acids is 1. The van der Waals surface area contributed by atoms with Crippen molar-refractivity contribution in [3.05, 3.63) is 70.0 Å². The summed E-state index contributed by atoms with van der Waals surface area (Å²) in [7, 11) is 0. The summed E-state index contributed by atoms with van der Waals surface area (Å²) in [5.74, 6) is -1.01. The molecule has 0 saturated heterocycles. The third kappa shape index (κ3) is 3.55. The summed E-state index contributed by atoms with van der Waals surface area (Å²) >= 11 is 1.33. The van der Waals surface area contributed by atoms with Crippen molar-refractivity contribution in [2.75, 3.05) is 5.73 Å². The molecule has 9 heteroatoms. The first kappa shape index (κ1) is 17.7. The lowest BCUT2D eigenvalue weighted by Crippen LogP contribution is -2.21. The Morgan fingerprint density at radius 1 is 1.18 bits per heavy atom. The minimum Gasteiger partial charge on any atom is -0.478 e. The monoisotopic (exact) mass is 393 g/mol. The largest absolute Gasteiger partial charge is 0.478 e. The lowest BCUT2D eigenvalue weighted by atomic mass is 10.1. The minimum atomic E-state index is -0.998. The maximum absolute atomic E-state index is 12.4. The number of amides is 1. The van der Waals surface area contributed by atoms with Crippen molar-refractivity contribution < 1.29 is 14.7 Å². The minimum absolute atomic E-state index is 0.189. The van der Waals surface area contributed by atoms with Crippen LogP contribution in [0.2, 0.25) is 0 Å². The number of anilines is 1. The van der Waals surface area contributed by atoms with Crippen LogP contribution in [-0.2, 0) is 6.54 Å². The molecule has 3 heterocycles. The summed E-state index contributed by atoms with van der Waals surface area (Å²) in [6.45, 7) is 0.247. The molecule has 0 spiro atoms. The molecule has 4 rings (SSSR count). The summed E-state index contributed by atoms with van der Waals surface area (Å²) in [6.07, 6.45) is 1.81. The van der Waals surface area contributed by atoms with Crippen molar-refractivity contribution in [3.8, 4) is 11.1 Å². The Bertz CT molecular complexity index is 1200. The van der Waals surface area contributed by atoms with Crippen LogP contribution < -0.4 is 11.1 Å². The molecule has 0 atom stereocenters. The molecular weight excluding hydrogens is 378 g/mol. The molecule has 0 radical (unpaired) electrons. The Balaban J connectivity index is 1.48. The van der Waals surface area contributed by atoms with E-state index >= 15 is 0 Å². The van der Waals surface area contributed by atoms with Crippen LogP contribution in [0.15, 0.2) is 54.0 Å². The number of aromatic nitrogens is 3. The van der Waals surface area contributed by atoms with E-state index in [-0.39, 0.29) is 24.0 Å². The molecule has 0 aliphatic carbocycles. The fourth-order valence-electron chi connectivity index (χ4n) is 2.76. The van der Waals surface area contributed by atoms with Crippen molar-refractivity contribution in [2.24, 2.45) is 0 Å². The maximum Gasteiger partial charge on any atom is 0.335 e. The molecule has 4 aromatic rings. The molecule has 0 unspecified atom stereocenters. The molecular formula is C19H15N5O3S. The molecule has 28 heavy (non-hydrogen) atoms. The van der Waals surface area contributed by atoms with E-state index in [1.54, 1.807) is 35.0 Å². The van der Waals surface area contributed by atoms with Crippen LogP contribution in [0.1, 0.15) is 25.6 Å². The van der Waals surface area contributed by atoms with E-state index < -0.39 is 5.97 Å². The van der Waals surface area contributed by atoms with Gasteiger partial charge in [-0.3, -0.25) is 4.79 Å². The first-order valence-electron chi connectivity index (χ1n) is 8.31. The zero-order valence-corrected chi connectivity index (χ0v) is 15.3. The zero-order chi connectivity index (χ0) is 19.7. The van der Waals surface area contributed by atoms with E-state index in [9.17, 15) is 9.59 Å². The number of nitrogen functional groups attached to an aromatic ring is 1. The maximum atomic E-state index is 12.4. The van der Waals surface area contributed by atoms with Gasteiger partial charge in [-0.15, -0.1) is 16.4 Å². The fourth-order valence-corrected chi connectivity index (χ4v) is 3.59. The number of nitrogens with zero attached hydrogens (tertiary/aromatic N) is 3. The van der Waals surface area contributed by atoms with Crippen LogP contribution >= 0.6 is 11.3 Å². The summed E-state index contributed by atoms with van der Waals surface area (Å²) in [6, 6.07) is 12.0. The third-order valence-electron chi connectivity index (χ3n) is 4.13. The normalized spacial score (nSPS) is 10.9. The van der Waals surface area contributed by atoms with Gasteiger partial charge in [0.2, 0.25) is 5.95 Å².